The zero-order chi connectivity index (χ0) is 14.8. The summed E-state index contributed by atoms with van der Waals surface area (Å²) in [5.41, 5.74) is 7.67. The molecule has 0 aliphatic rings. The molecular formula is C15H12F2N2OS. The molecule has 2 N–H and O–H groups in total. The summed E-state index contributed by atoms with van der Waals surface area (Å²) in [5, 5.41) is 0.481. The molecule has 6 heteroatoms. The minimum Gasteiger partial charge on any atom is -0.431 e. The molecule has 0 aliphatic carbocycles. The molecule has 3 rings (SSSR count). The van der Waals surface area contributed by atoms with Crippen molar-refractivity contribution in [2.45, 2.75) is 11.3 Å². The standard InChI is InChI=1S/C15H12F2N2OS/c16-9-5-6-10(11(17)7-9)12(18)8-21-15-19-13-3-1-2-4-14(13)20-15/h1-7,12H,8,18H2. The molecule has 2 aromatic carbocycles. The Labute approximate surface area is 124 Å². The number of halogens is 2. The number of nitrogens with two attached hydrogens (primary N) is 1. The van der Waals surface area contributed by atoms with Gasteiger partial charge in [-0.2, -0.15) is 0 Å². The SMILES string of the molecule is NC(CSc1nc2ccccc2o1)c1ccc(F)cc1F. The first-order valence-corrected chi connectivity index (χ1v) is 7.31. The maximum absolute atomic E-state index is 13.6. The van der Waals surface area contributed by atoms with Crippen LogP contribution in [0.4, 0.5) is 8.78 Å². The number of thioether (sulfide) groups is 1. The molecule has 0 bridgehead atoms. The van der Waals surface area contributed by atoms with Crippen LogP contribution in [0.2, 0.25) is 0 Å². The fourth-order valence-corrected chi connectivity index (χ4v) is 2.78. The summed E-state index contributed by atoms with van der Waals surface area (Å²) in [6, 6.07) is 10.2. The van der Waals surface area contributed by atoms with E-state index in [0.717, 1.165) is 11.6 Å². The Morgan fingerprint density at radius 1 is 1.19 bits per heavy atom. The zero-order valence-corrected chi connectivity index (χ0v) is 11.7. The van der Waals surface area contributed by atoms with Gasteiger partial charge in [0.05, 0.1) is 0 Å². The van der Waals surface area contributed by atoms with Crippen molar-refractivity contribution in [2.24, 2.45) is 5.73 Å². The molecule has 0 saturated carbocycles. The molecule has 108 valence electrons. The topological polar surface area (TPSA) is 52.0 Å². The van der Waals surface area contributed by atoms with E-state index in [1.807, 2.05) is 24.3 Å². The summed E-state index contributed by atoms with van der Waals surface area (Å²) < 4.78 is 32.0. The summed E-state index contributed by atoms with van der Waals surface area (Å²) in [5.74, 6) is -0.870. The van der Waals surface area contributed by atoms with Gasteiger partial charge in [0.1, 0.15) is 17.2 Å². The predicted octanol–water partition coefficient (Wildman–Crippen LogP) is 3.90. The van der Waals surface area contributed by atoms with E-state index in [9.17, 15) is 8.78 Å². The van der Waals surface area contributed by atoms with Gasteiger partial charge >= 0.3 is 0 Å². The van der Waals surface area contributed by atoms with E-state index in [1.165, 1.54) is 23.9 Å². The van der Waals surface area contributed by atoms with E-state index in [1.54, 1.807) is 0 Å². The third-order valence-corrected chi connectivity index (χ3v) is 3.97. The molecule has 3 aromatic rings. The van der Waals surface area contributed by atoms with Crippen molar-refractivity contribution >= 4 is 22.9 Å². The summed E-state index contributed by atoms with van der Waals surface area (Å²) in [6.07, 6.45) is 0. The van der Waals surface area contributed by atoms with Crippen LogP contribution in [-0.2, 0) is 0 Å². The zero-order valence-electron chi connectivity index (χ0n) is 10.9. The Balaban J connectivity index is 1.71. The van der Waals surface area contributed by atoms with Crippen LogP contribution in [0.1, 0.15) is 11.6 Å². The lowest BCUT2D eigenvalue weighted by Crippen LogP contribution is -2.14. The Morgan fingerprint density at radius 3 is 2.76 bits per heavy atom. The van der Waals surface area contributed by atoms with Crippen LogP contribution in [0.15, 0.2) is 52.1 Å². The molecule has 1 atom stereocenters. The van der Waals surface area contributed by atoms with E-state index < -0.39 is 17.7 Å². The number of hydrogen-bond donors (Lipinski definition) is 1. The summed E-state index contributed by atoms with van der Waals surface area (Å²) >= 11 is 1.30. The van der Waals surface area contributed by atoms with Crippen LogP contribution in [0.5, 0.6) is 0 Å². The summed E-state index contributed by atoms with van der Waals surface area (Å²) in [4.78, 5) is 4.30. The van der Waals surface area contributed by atoms with Gasteiger partial charge in [-0.1, -0.05) is 30.0 Å². The first kappa shape index (κ1) is 14.0. The number of rotatable bonds is 4. The molecule has 21 heavy (non-hydrogen) atoms. The van der Waals surface area contributed by atoms with Crippen molar-refractivity contribution in [3.8, 4) is 0 Å². The van der Waals surface area contributed by atoms with Crippen LogP contribution >= 0.6 is 11.8 Å². The third-order valence-electron chi connectivity index (χ3n) is 3.02. The smallest absolute Gasteiger partial charge is 0.256 e. The van der Waals surface area contributed by atoms with Gasteiger partial charge in [0.15, 0.2) is 5.58 Å². The average Bonchev–Trinajstić information content (AvgIpc) is 2.87. The van der Waals surface area contributed by atoms with Gasteiger partial charge < -0.3 is 10.2 Å². The summed E-state index contributed by atoms with van der Waals surface area (Å²) in [7, 11) is 0. The van der Waals surface area contributed by atoms with Crippen LogP contribution in [0, 0.1) is 11.6 Å². The Kier molecular flexibility index (Phi) is 3.90. The Hall–Kier alpha value is -1.92. The average molecular weight is 306 g/mol. The van der Waals surface area contributed by atoms with E-state index in [4.69, 9.17) is 10.2 Å². The van der Waals surface area contributed by atoms with Crippen molar-refractivity contribution < 1.29 is 13.2 Å². The molecule has 3 nitrogen and oxygen atoms in total. The minimum atomic E-state index is -0.638. The number of nitrogens with zero attached hydrogens (tertiary/aromatic N) is 1. The Morgan fingerprint density at radius 2 is 2.00 bits per heavy atom. The van der Waals surface area contributed by atoms with E-state index in [2.05, 4.69) is 4.98 Å². The molecule has 1 aromatic heterocycles. The highest BCUT2D eigenvalue weighted by Gasteiger charge is 2.14. The number of fused-ring (bicyclic) bond motifs is 1. The molecule has 0 aliphatic heterocycles. The molecule has 0 fully saturated rings. The van der Waals surface area contributed by atoms with Gasteiger partial charge in [-0.3, -0.25) is 0 Å². The van der Waals surface area contributed by atoms with E-state index in [0.29, 0.717) is 16.6 Å². The van der Waals surface area contributed by atoms with Crippen molar-refractivity contribution in [1.82, 2.24) is 4.98 Å². The summed E-state index contributed by atoms with van der Waals surface area (Å²) in [6.45, 7) is 0. The van der Waals surface area contributed by atoms with Gasteiger partial charge in [0.2, 0.25) is 0 Å². The second-order valence-electron chi connectivity index (χ2n) is 4.53. The predicted molar refractivity (Wildman–Crippen MR) is 78.0 cm³/mol. The van der Waals surface area contributed by atoms with Gasteiger partial charge in [0.25, 0.3) is 5.22 Å². The second kappa shape index (κ2) is 5.83. The molecule has 0 amide bonds. The van der Waals surface area contributed by atoms with Gasteiger partial charge in [-0.05, 0) is 18.2 Å². The number of para-hydroxylation sites is 2. The van der Waals surface area contributed by atoms with Gasteiger partial charge in [0, 0.05) is 23.4 Å². The second-order valence-corrected chi connectivity index (χ2v) is 5.50. The van der Waals surface area contributed by atoms with Crippen LogP contribution in [-0.4, -0.2) is 10.7 Å². The first-order chi connectivity index (χ1) is 10.1. The van der Waals surface area contributed by atoms with Crippen molar-refractivity contribution in [3.63, 3.8) is 0 Å². The maximum atomic E-state index is 13.6. The fraction of sp³-hybridized carbons (Fsp3) is 0.133. The third kappa shape index (κ3) is 3.06. The quantitative estimate of drug-likeness (QED) is 0.743. The van der Waals surface area contributed by atoms with Gasteiger partial charge in [-0.15, -0.1) is 0 Å². The highest BCUT2D eigenvalue weighted by atomic mass is 32.2. The lowest BCUT2D eigenvalue weighted by Gasteiger charge is -2.11. The first-order valence-electron chi connectivity index (χ1n) is 6.32. The van der Waals surface area contributed by atoms with Crippen LogP contribution < -0.4 is 5.73 Å². The maximum Gasteiger partial charge on any atom is 0.256 e. The minimum absolute atomic E-state index is 0.278. The molecule has 0 saturated heterocycles. The lowest BCUT2D eigenvalue weighted by molar-refractivity contribution is 0.488. The van der Waals surface area contributed by atoms with E-state index >= 15 is 0 Å². The fourth-order valence-electron chi connectivity index (χ4n) is 1.97. The van der Waals surface area contributed by atoms with E-state index in [-0.39, 0.29) is 5.56 Å². The van der Waals surface area contributed by atoms with Crippen molar-refractivity contribution in [3.05, 3.63) is 59.7 Å². The highest BCUT2D eigenvalue weighted by Crippen LogP contribution is 2.27. The lowest BCUT2D eigenvalue weighted by atomic mass is 10.1. The molecule has 0 spiro atoms. The molecule has 0 radical (unpaired) electrons. The largest absolute Gasteiger partial charge is 0.431 e. The monoisotopic (exact) mass is 306 g/mol. The van der Waals surface area contributed by atoms with Crippen molar-refractivity contribution in [1.29, 1.82) is 0 Å². The molecular weight excluding hydrogens is 294 g/mol. The number of aromatic nitrogens is 1. The Bertz CT molecular complexity index is 742. The number of hydrogen-bond acceptors (Lipinski definition) is 4. The van der Waals surface area contributed by atoms with Crippen LogP contribution in [0.3, 0.4) is 0 Å². The highest BCUT2D eigenvalue weighted by molar-refractivity contribution is 7.99. The molecule has 1 unspecified atom stereocenters. The number of oxazole rings is 1. The molecule has 1 heterocycles. The van der Waals surface area contributed by atoms with Crippen LogP contribution in [0.25, 0.3) is 11.1 Å². The number of benzene rings is 2. The van der Waals surface area contributed by atoms with Gasteiger partial charge in [-0.25, -0.2) is 13.8 Å². The normalized spacial score (nSPS) is 12.7. The van der Waals surface area contributed by atoms with Crippen molar-refractivity contribution in [2.75, 3.05) is 5.75 Å².